The van der Waals surface area contributed by atoms with Crippen molar-refractivity contribution in [3.05, 3.63) is 136 Å². The van der Waals surface area contributed by atoms with Crippen LogP contribution in [0.5, 0.6) is 0 Å². The number of hydrogen-bond donors (Lipinski definition) is 3. The third-order valence-electron chi connectivity index (χ3n) is 6.79. The number of hydrogen-bond acceptors (Lipinski definition) is 6. The Kier molecular flexibility index (Phi) is 10.2. The number of carbonyl (C=O) groups is 3. The molecule has 0 saturated carbocycles. The summed E-state index contributed by atoms with van der Waals surface area (Å²) in [6.07, 6.45) is 1.63. The van der Waals surface area contributed by atoms with E-state index >= 15 is 0 Å². The fraction of sp³-hybridized carbons (Fsp3) is 0.111. The normalized spacial score (nSPS) is 11.8. The zero-order valence-electron chi connectivity index (χ0n) is 25.0. The Balaban J connectivity index is 1.21. The highest BCUT2D eigenvalue weighted by atomic mass is 32.2. The van der Waals surface area contributed by atoms with Crippen molar-refractivity contribution in [2.75, 3.05) is 10.6 Å². The van der Waals surface area contributed by atoms with Crippen molar-refractivity contribution >= 4 is 57.7 Å². The van der Waals surface area contributed by atoms with Gasteiger partial charge in [-0.1, -0.05) is 78.4 Å². The zero-order chi connectivity index (χ0) is 31.8. The Labute approximate surface area is 270 Å². The van der Waals surface area contributed by atoms with Crippen LogP contribution in [0.1, 0.15) is 33.3 Å². The molecule has 0 aliphatic rings. The van der Waals surface area contributed by atoms with Gasteiger partial charge < -0.3 is 16.0 Å². The summed E-state index contributed by atoms with van der Waals surface area (Å²) < 4.78 is 0. The molecule has 7 nitrogen and oxygen atoms in total. The van der Waals surface area contributed by atoms with Crippen molar-refractivity contribution in [3.8, 4) is 11.3 Å². The van der Waals surface area contributed by atoms with Gasteiger partial charge in [0.15, 0.2) is 5.13 Å². The lowest BCUT2D eigenvalue weighted by molar-refractivity contribution is -0.115. The predicted octanol–water partition coefficient (Wildman–Crippen LogP) is 7.96. The highest BCUT2D eigenvalue weighted by Gasteiger charge is 2.19. The highest BCUT2D eigenvalue weighted by molar-refractivity contribution is 8.00. The van der Waals surface area contributed by atoms with Crippen molar-refractivity contribution in [1.82, 2.24) is 10.3 Å². The van der Waals surface area contributed by atoms with Crippen molar-refractivity contribution in [1.29, 1.82) is 0 Å². The molecular weight excluding hydrogens is 601 g/mol. The van der Waals surface area contributed by atoms with Crippen LogP contribution in [-0.2, 0) is 9.59 Å². The molecule has 9 heteroatoms. The maximum Gasteiger partial charge on any atom is 0.272 e. The van der Waals surface area contributed by atoms with Crippen LogP contribution < -0.4 is 16.0 Å². The molecule has 0 saturated heterocycles. The first-order chi connectivity index (χ1) is 21.7. The summed E-state index contributed by atoms with van der Waals surface area (Å²) in [6, 6.07) is 33.4. The molecular formula is C36H32N4O3S2. The first kappa shape index (κ1) is 31.4. The Morgan fingerprint density at radius 3 is 2.11 bits per heavy atom. The van der Waals surface area contributed by atoms with E-state index in [1.54, 1.807) is 42.5 Å². The van der Waals surface area contributed by atoms with Gasteiger partial charge in [-0.05, 0) is 68.8 Å². The fourth-order valence-electron chi connectivity index (χ4n) is 4.37. The Hall–Kier alpha value is -4.99. The van der Waals surface area contributed by atoms with E-state index < -0.39 is 5.91 Å². The number of aromatic nitrogens is 1. The number of aryl methyl sites for hydroxylation is 2. The lowest BCUT2D eigenvalue weighted by Gasteiger charge is -2.13. The second-order valence-corrected chi connectivity index (χ2v) is 12.9. The van der Waals surface area contributed by atoms with Gasteiger partial charge in [0.1, 0.15) is 5.70 Å². The van der Waals surface area contributed by atoms with E-state index in [1.807, 2.05) is 93.6 Å². The van der Waals surface area contributed by atoms with Gasteiger partial charge in [0, 0.05) is 26.6 Å². The molecule has 1 atom stereocenters. The summed E-state index contributed by atoms with van der Waals surface area (Å²) in [7, 11) is 0. The zero-order valence-corrected chi connectivity index (χ0v) is 26.7. The summed E-state index contributed by atoms with van der Waals surface area (Å²) in [6.45, 7) is 5.88. The third-order valence-corrected chi connectivity index (χ3v) is 8.78. The van der Waals surface area contributed by atoms with Crippen molar-refractivity contribution in [2.24, 2.45) is 0 Å². The van der Waals surface area contributed by atoms with E-state index in [0.717, 1.165) is 26.6 Å². The predicted molar refractivity (Wildman–Crippen MR) is 184 cm³/mol. The van der Waals surface area contributed by atoms with Gasteiger partial charge in [0.2, 0.25) is 5.91 Å². The standard InChI is InChI=1S/C36H32N4O3S2/c1-23-14-16-27(17-15-23)32-24(2)45-36(39-32)40-33(41)25(3)44-30-20-18-29(19-21-30)37-35(43)31(22-26-10-6-4-7-11-26)38-34(42)28-12-8-5-9-13-28/h4-22,25H,1-3H3,(H,37,43)(H,38,42)(H,39,40,41)/b31-22-. The molecule has 0 aliphatic heterocycles. The number of amides is 3. The van der Waals surface area contributed by atoms with Crippen LogP contribution in [0.3, 0.4) is 0 Å². The molecule has 0 radical (unpaired) electrons. The number of nitrogens with one attached hydrogen (secondary N) is 3. The molecule has 5 aromatic rings. The SMILES string of the molecule is Cc1ccc(-c2nc(NC(=O)C(C)Sc3ccc(NC(=O)/C(=C/c4ccccc4)NC(=O)c4ccccc4)cc3)sc2C)cc1. The molecule has 45 heavy (non-hydrogen) atoms. The van der Waals surface area contributed by atoms with Crippen molar-refractivity contribution in [3.63, 3.8) is 0 Å². The van der Waals surface area contributed by atoms with Gasteiger partial charge in [-0.2, -0.15) is 0 Å². The average molecular weight is 633 g/mol. The van der Waals surface area contributed by atoms with Crippen molar-refractivity contribution < 1.29 is 14.4 Å². The summed E-state index contributed by atoms with van der Waals surface area (Å²) in [5, 5.41) is 8.74. The van der Waals surface area contributed by atoms with E-state index in [-0.39, 0.29) is 22.8 Å². The number of anilines is 2. The third kappa shape index (κ3) is 8.56. The smallest absolute Gasteiger partial charge is 0.272 e. The van der Waals surface area contributed by atoms with Gasteiger partial charge in [-0.25, -0.2) is 4.98 Å². The Morgan fingerprint density at radius 1 is 0.800 bits per heavy atom. The highest BCUT2D eigenvalue weighted by Crippen LogP contribution is 2.32. The topological polar surface area (TPSA) is 100 Å². The maximum atomic E-state index is 13.3. The van der Waals surface area contributed by atoms with Gasteiger partial charge in [0.25, 0.3) is 11.8 Å². The van der Waals surface area contributed by atoms with Crippen LogP contribution in [0, 0.1) is 13.8 Å². The van der Waals surface area contributed by atoms with E-state index in [9.17, 15) is 14.4 Å². The lowest BCUT2D eigenvalue weighted by atomic mass is 10.1. The van der Waals surface area contributed by atoms with E-state index in [2.05, 4.69) is 20.9 Å². The Bertz CT molecular complexity index is 1820. The minimum absolute atomic E-state index is 0.113. The first-order valence-corrected chi connectivity index (χ1v) is 16.0. The molecule has 226 valence electrons. The molecule has 0 fully saturated rings. The molecule has 3 N–H and O–H groups in total. The Morgan fingerprint density at radius 2 is 1.44 bits per heavy atom. The molecule has 1 heterocycles. The number of nitrogens with zero attached hydrogens (tertiary/aromatic N) is 1. The molecule has 4 aromatic carbocycles. The van der Waals surface area contributed by atoms with Crippen LogP contribution >= 0.6 is 23.1 Å². The van der Waals surface area contributed by atoms with Crippen LogP contribution in [0.25, 0.3) is 17.3 Å². The minimum Gasteiger partial charge on any atom is -0.321 e. The number of thiazole rings is 1. The van der Waals surface area contributed by atoms with E-state index in [4.69, 9.17) is 0 Å². The van der Waals surface area contributed by atoms with Gasteiger partial charge in [-0.3, -0.25) is 14.4 Å². The van der Waals surface area contributed by atoms with Crippen LogP contribution in [0.15, 0.2) is 120 Å². The molecule has 1 unspecified atom stereocenters. The van der Waals surface area contributed by atoms with E-state index in [1.165, 1.54) is 28.7 Å². The first-order valence-electron chi connectivity index (χ1n) is 14.3. The molecule has 0 spiro atoms. The number of carbonyl (C=O) groups excluding carboxylic acids is 3. The summed E-state index contributed by atoms with van der Waals surface area (Å²) >= 11 is 2.86. The quantitative estimate of drug-likeness (QED) is 0.107. The molecule has 1 aromatic heterocycles. The molecule has 0 aliphatic carbocycles. The number of thioether (sulfide) groups is 1. The molecule has 5 rings (SSSR count). The van der Waals surface area contributed by atoms with Gasteiger partial charge in [0.05, 0.1) is 10.9 Å². The molecule has 0 bridgehead atoms. The van der Waals surface area contributed by atoms with E-state index in [0.29, 0.717) is 16.4 Å². The largest absolute Gasteiger partial charge is 0.321 e. The minimum atomic E-state index is -0.458. The van der Waals surface area contributed by atoms with Gasteiger partial charge in [-0.15, -0.1) is 23.1 Å². The monoisotopic (exact) mass is 632 g/mol. The number of benzene rings is 4. The average Bonchev–Trinajstić information content (AvgIpc) is 3.42. The lowest BCUT2D eigenvalue weighted by Crippen LogP contribution is -2.30. The second kappa shape index (κ2) is 14.7. The van der Waals surface area contributed by atoms with Crippen LogP contribution in [-0.4, -0.2) is 28.0 Å². The fourth-order valence-corrected chi connectivity index (χ4v) is 6.07. The maximum absolute atomic E-state index is 13.3. The van der Waals surface area contributed by atoms with Crippen molar-refractivity contribution in [2.45, 2.75) is 30.9 Å². The van der Waals surface area contributed by atoms with Crippen LogP contribution in [0.4, 0.5) is 10.8 Å². The summed E-state index contributed by atoms with van der Waals surface area (Å²) in [4.78, 5) is 45.7. The van der Waals surface area contributed by atoms with Gasteiger partial charge >= 0.3 is 0 Å². The number of rotatable bonds is 10. The summed E-state index contributed by atoms with van der Waals surface area (Å²) in [5.74, 6) is -0.988. The molecule has 3 amide bonds. The second-order valence-electron chi connectivity index (χ2n) is 10.3. The van der Waals surface area contributed by atoms with Crippen LogP contribution in [0.2, 0.25) is 0 Å². The summed E-state index contributed by atoms with van der Waals surface area (Å²) in [5.41, 5.74) is 4.95.